The Labute approximate surface area is 136 Å². The quantitative estimate of drug-likeness (QED) is 0.873. The number of nitrogen functional groups attached to an aromatic ring is 1. The van der Waals surface area contributed by atoms with Crippen molar-refractivity contribution in [2.45, 2.75) is 13.5 Å². The molecule has 1 aromatic heterocycles. The molecule has 0 aliphatic rings. The smallest absolute Gasteiger partial charge is 0.270 e. The van der Waals surface area contributed by atoms with E-state index in [0.717, 1.165) is 12.1 Å². The Balaban J connectivity index is 2.17. The normalized spacial score (nSPS) is 10.1. The number of benzene rings is 1. The van der Waals surface area contributed by atoms with Gasteiger partial charge in [0.25, 0.3) is 5.91 Å². The second-order valence-electron chi connectivity index (χ2n) is 4.75. The number of carbonyl (C=O) groups excluding carboxylic acids is 1. The van der Waals surface area contributed by atoms with Gasteiger partial charge in [0.2, 0.25) is 5.88 Å². The highest BCUT2D eigenvalue weighted by Gasteiger charge is 2.16. The van der Waals surface area contributed by atoms with Crippen molar-refractivity contribution in [3.05, 3.63) is 52.7 Å². The number of aromatic nitrogens is 1. The molecule has 0 spiro atoms. The SMILES string of the molecule is CCOc1nc(C(=O)NCc2ccc(F)c(F)c2)cc(N)c1C#N. The minimum absolute atomic E-state index is 0.0262. The average Bonchev–Trinajstić information content (AvgIpc) is 2.55. The minimum Gasteiger partial charge on any atom is -0.477 e. The molecule has 1 aromatic carbocycles. The van der Waals surface area contributed by atoms with Crippen molar-refractivity contribution < 1.29 is 18.3 Å². The van der Waals surface area contributed by atoms with Gasteiger partial charge < -0.3 is 15.8 Å². The third kappa shape index (κ3) is 3.76. The van der Waals surface area contributed by atoms with Crippen LogP contribution in [0.4, 0.5) is 14.5 Å². The van der Waals surface area contributed by atoms with E-state index >= 15 is 0 Å². The predicted octanol–water partition coefficient (Wildman–Crippen LogP) is 2.14. The number of halogens is 2. The molecule has 2 aromatic rings. The lowest BCUT2D eigenvalue weighted by molar-refractivity contribution is 0.0944. The number of nitrogens with two attached hydrogens (primary N) is 1. The van der Waals surface area contributed by atoms with E-state index < -0.39 is 17.5 Å². The first kappa shape index (κ1) is 17.1. The van der Waals surface area contributed by atoms with Crippen molar-refractivity contribution in [3.8, 4) is 11.9 Å². The van der Waals surface area contributed by atoms with Gasteiger partial charge in [-0.15, -0.1) is 0 Å². The molecule has 2 rings (SSSR count). The van der Waals surface area contributed by atoms with Gasteiger partial charge >= 0.3 is 0 Å². The summed E-state index contributed by atoms with van der Waals surface area (Å²) in [6.45, 7) is 1.93. The summed E-state index contributed by atoms with van der Waals surface area (Å²) < 4.78 is 31.2. The first-order chi connectivity index (χ1) is 11.5. The molecule has 0 atom stereocenters. The number of anilines is 1. The predicted molar refractivity (Wildman–Crippen MR) is 82.1 cm³/mol. The molecule has 0 aliphatic carbocycles. The highest BCUT2D eigenvalue weighted by molar-refractivity contribution is 5.93. The summed E-state index contributed by atoms with van der Waals surface area (Å²) >= 11 is 0. The van der Waals surface area contributed by atoms with Crippen molar-refractivity contribution in [2.75, 3.05) is 12.3 Å². The summed E-state index contributed by atoms with van der Waals surface area (Å²) in [7, 11) is 0. The average molecular weight is 332 g/mol. The summed E-state index contributed by atoms with van der Waals surface area (Å²) in [5.41, 5.74) is 6.18. The monoisotopic (exact) mass is 332 g/mol. The van der Waals surface area contributed by atoms with E-state index in [1.54, 1.807) is 6.92 Å². The van der Waals surface area contributed by atoms with E-state index in [9.17, 15) is 13.6 Å². The number of pyridine rings is 1. The number of nitrogens with one attached hydrogen (secondary N) is 1. The zero-order valence-corrected chi connectivity index (χ0v) is 12.8. The largest absolute Gasteiger partial charge is 0.477 e. The Morgan fingerprint density at radius 1 is 1.38 bits per heavy atom. The summed E-state index contributed by atoms with van der Waals surface area (Å²) in [5, 5.41) is 11.6. The zero-order chi connectivity index (χ0) is 17.7. The standard InChI is InChI=1S/C16H14F2N4O2/c1-2-24-16-10(7-19)13(20)6-14(22-16)15(23)21-8-9-3-4-11(17)12(18)5-9/h3-6H,2,8H2,1H3,(H2,20,22)(H,21,23). The van der Waals surface area contributed by atoms with Crippen molar-refractivity contribution >= 4 is 11.6 Å². The molecule has 0 saturated carbocycles. The Hall–Kier alpha value is -3.21. The maximum atomic E-state index is 13.1. The summed E-state index contributed by atoms with van der Waals surface area (Å²) in [6.07, 6.45) is 0. The highest BCUT2D eigenvalue weighted by atomic mass is 19.2. The number of amides is 1. The van der Waals surface area contributed by atoms with E-state index in [-0.39, 0.29) is 36.0 Å². The third-order valence-electron chi connectivity index (χ3n) is 3.08. The van der Waals surface area contributed by atoms with E-state index in [1.165, 1.54) is 12.1 Å². The maximum Gasteiger partial charge on any atom is 0.270 e. The first-order valence-electron chi connectivity index (χ1n) is 7.01. The lowest BCUT2D eigenvalue weighted by Gasteiger charge is -2.10. The lowest BCUT2D eigenvalue weighted by atomic mass is 10.2. The van der Waals surface area contributed by atoms with Crippen LogP contribution in [0.1, 0.15) is 28.5 Å². The van der Waals surface area contributed by atoms with Crippen LogP contribution in [0.3, 0.4) is 0 Å². The summed E-state index contributed by atoms with van der Waals surface area (Å²) in [5.74, 6) is -2.58. The van der Waals surface area contributed by atoms with Gasteiger partial charge in [0, 0.05) is 6.54 Å². The van der Waals surface area contributed by atoms with Gasteiger partial charge in [0.05, 0.1) is 12.3 Å². The van der Waals surface area contributed by atoms with Crippen molar-refractivity contribution in [1.29, 1.82) is 5.26 Å². The molecule has 0 saturated heterocycles. The lowest BCUT2D eigenvalue weighted by Crippen LogP contribution is -2.24. The number of nitrogens with zero attached hydrogens (tertiary/aromatic N) is 2. The van der Waals surface area contributed by atoms with Gasteiger partial charge in [-0.2, -0.15) is 5.26 Å². The molecule has 1 amide bonds. The second kappa shape index (κ2) is 7.37. The highest BCUT2D eigenvalue weighted by Crippen LogP contribution is 2.22. The Bertz CT molecular complexity index is 818. The molecule has 0 bridgehead atoms. The van der Waals surface area contributed by atoms with E-state index in [0.29, 0.717) is 5.56 Å². The number of carbonyl (C=O) groups is 1. The van der Waals surface area contributed by atoms with Gasteiger partial charge in [-0.05, 0) is 30.7 Å². The van der Waals surface area contributed by atoms with Gasteiger partial charge in [0.1, 0.15) is 17.3 Å². The number of rotatable bonds is 5. The fourth-order valence-corrected chi connectivity index (χ4v) is 1.93. The van der Waals surface area contributed by atoms with Crippen LogP contribution in [0.5, 0.6) is 5.88 Å². The molecular formula is C16H14F2N4O2. The topological polar surface area (TPSA) is 101 Å². The number of hydrogen-bond acceptors (Lipinski definition) is 5. The molecule has 0 fully saturated rings. The Kier molecular flexibility index (Phi) is 5.27. The molecule has 24 heavy (non-hydrogen) atoms. The van der Waals surface area contributed by atoms with Crippen LogP contribution in [-0.4, -0.2) is 17.5 Å². The van der Waals surface area contributed by atoms with Crippen LogP contribution in [0.15, 0.2) is 24.3 Å². The molecule has 3 N–H and O–H groups in total. The Morgan fingerprint density at radius 2 is 2.12 bits per heavy atom. The molecule has 6 nitrogen and oxygen atoms in total. The second-order valence-corrected chi connectivity index (χ2v) is 4.75. The van der Waals surface area contributed by atoms with Gasteiger partial charge in [-0.1, -0.05) is 6.07 Å². The molecule has 0 radical (unpaired) electrons. The fraction of sp³-hybridized carbons (Fsp3) is 0.188. The van der Waals surface area contributed by atoms with Crippen LogP contribution >= 0.6 is 0 Å². The van der Waals surface area contributed by atoms with Crippen molar-refractivity contribution in [3.63, 3.8) is 0 Å². The van der Waals surface area contributed by atoms with Crippen LogP contribution in [-0.2, 0) is 6.54 Å². The summed E-state index contributed by atoms with van der Waals surface area (Å²) in [4.78, 5) is 16.1. The Morgan fingerprint density at radius 3 is 2.75 bits per heavy atom. The molecule has 8 heteroatoms. The van der Waals surface area contributed by atoms with E-state index in [2.05, 4.69) is 10.3 Å². The number of nitriles is 1. The van der Waals surface area contributed by atoms with E-state index in [1.807, 2.05) is 6.07 Å². The first-order valence-corrected chi connectivity index (χ1v) is 7.01. The number of ether oxygens (including phenoxy) is 1. The summed E-state index contributed by atoms with van der Waals surface area (Å²) in [6, 6.07) is 6.43. The molecular weight excluding hydrogens is 318 g/mol. The molecule has 0 unspecified atom stereocenters. The van der Waals surface area contributed by atoms with Crippen LogP contribution in [0, 0.1) is 23.0 Å². The minimum atomic E-state index is -0.999. The zero-order valence-electron chi connectivity index (χ0n) is 12.8. The van der Waals surface area contributed by atoms with Crippen LogP contribution < -0.4 is 15.8 Å². The fourth-order valence-electron chi connectivity index (χ4n) is 1.93. The van der Waals surface area contributed by atoms with Crippen LogP contribution in [0.2, 0.25) is 0 Å². The van der Waals surface area contributed by atoms with Gasteiger partial charge in [-0.3, -0.25) is 4.79 Å². The van der Waals surface area contributed by atoms with Crippen molar-refractivity contribution in [2.24, 2.45) is 0 Å². The van der Waals surface area contributed by atoms with Gasteiger partial charge in [-0.25, -0.2) is 13.8 Å². The van der Waals surface area contributed by atoms with Crippen molar-refractivity contribution in [1.82, 2.24) is 10.3 Å². The maximum absolute atomic E-state index is 13.1. The van der Waals surface area contributed by atoms with Gasteiger partial charge in [0.15, 0.2) is 11.6 Å². The molecule has 124 valence electrons. The molecule has 1 heterocycles. The van der Waals surface area contributed by atoms with E-state index in [4.69, 9.17) is 15.7 Å². The third-order valence-corrected chi connectivity index (χ3v) is 3.08. The number of hydrogen-bond donors (Lipinski definition) is 2. The molecule has 0 aliphatic heterocycles. The van der Waals surface area contributed by atoms with Crippen LogP contribution in [0.25, 0.3) is 0 Å².